The van der Waals surface area contributed by atoms with Crippen molar-refractivity contribution >= 4 is 21.9 Å². The molecular formula is C17H25N3O5S. The molecule has 0 aliphatic carbocycles. The van der Waals surface area contributed by atoms with E-state index in [-0.39, 0.29) is 17.3 Å². The van der Waals surface area contributed by atoms with E-state index in [0.29, 0.717) is 44.7 Å². The molecule has 8 nitrogen and oxygen atoms in total. The van der Waals surface area contributed by atoms with E-state index < -0.39 is 16.0 Å². The number of carbonyl (C=O) groups excluding carboxylic acids is 2. The van der Waals surface area contributed by atoms with E-state index in [1.54, 1.807) is 0 Å². The number of methoxy groups -OCH3 is 1. The van der Waals surface area contributed by atoms with Crippen LogP contribution in [0.4, 0.5) is 0 Å². The molecular weight excluding hydrogens is 358 g/mol. The Hall–Kier alpha value is -1.97. The smallest absolute Gasteiger partial charge is 0.337 e. The topological polar surface area (TPSA) is 96.0 Å². The first-order valence-electron chi connectivity index (χ1n) is 8.56. The first kappa shape index (κ1) is 20.3. The van der Waals surface area contributed by atoms with Crippen LogP contribution in [-0.4, -0.2) is 75.9 Å². The van der Waals surface area contributed by atoms with Gasteiger partial charge in [-0.05, 0) is 44.2 Å². The fourth-order valence-electron chi connectivity index (χ4n) is 2.83. The van der Waals surface area contributed by atoms with Gasteiger partial charge in [0.25, 0.3) is 0 Å². The Balaban J connectivity index is 2.05. The van der Waals surface area contributed by atoms with Crippen molar-refractivity contribution in [1.29, 1.82) is 0 Å². The lowest BCUT2D eigenvalue weighted by Crippen LogP contribution is -2.40. The maximum absolute atomic E-state index is 12.8. The zero-order chi connectivity index (χ0) is 19.2. The summed E-state index contributed by atoms with van der Waals surface area (Å²) in [6, 6.07) is 5.72. The molecule has 0 spiro atoms. The van der Waals surface area contributed by atoms with Crippen molar-refractivity contribution < 1.29 is 22.7 Å². The van der Waals surface area contributed by atoms with Crippen LogP contribution in [0.25, 0.3) is 0 Å². The normalized spacial score (nSPS) is 16.7. The summed E-state index contributed by atoms with van der Waals surface area (Å²) in [5.74, 6) is -0.563. The van der Waals surface area contributed by atoms with Crippen LogP contribution in [0.2, 0.25) is 0 Å². The van der Waals surface area contributed by atoms with Gasteiger partial charge in [0.2, 0.25) is 15.9 Å². The Labute approximate surface area is 154 Å². The molecule has 2 rings (SSSR count). The molecule has 0 unspecified atom stereocenters. The molecule has 1 N–H and O–H groups in total. The number of nitrogens with one attached hydrogen (secondary N) is 1. The SMILES string of the molecule is CCNC(=O)CN1CCCN(S(=O)(=O)c2ccc(C(=O)OC)cc2)CC1. The summed E-state index contributed by atoms with van der Waals surface area (Å²) in [5.41, 5.74) is 0.301. The Morgan fingerprint density at radius 1 is 1.12 bits per heavy atom. The number of benzene rings is 1. The maximum atomic E-state index is 12.8. The Kier molecular flexibility index (Phi) is 7.13. The number of likely N-dealkylation sites (N-methyl/N-ethyl adjacent to an activating group) is 1. The summed E-state index contributed by atoms with van der Waals surface area (Å²) < 4.78 is 31.7. The predicted molar refractivity (Wildman–Crippen MR) is 96.3 cm³/mol. The molecule has 1 amide bonds. The van der Waals surface area contributed by atoms with Crippen molar-refractivity contribution in [2.45, 2.75) is 18.2 Å². The summed E-state index contributed by atoms with van der Waals surface area (Å²) in [4.78, 5) is 25.3. The van der Waals surface area contributed by atoms with Crippen LogP contribution in [0, 0.1) is 0 Å². The largest absolute Gasteiger partial charge is 0.465 e. The third-order valence-electron chi connectivity index (χ3n) is 4.20. The van der Waals surface area contributed by atoms with E-state index in [9.17, 15) is 18.0 Å². The second-order valence-corrected chi connectivity index (χ2v) is 7.94. The zero-order valence-electron chi connectivity index (χ0n) is 15.1. The van der Waals surface area contributed by atoms with Crippen LogP contribution in [0.5, 0.6) is 0 Å². The van der Waals surface area contributed by atoms with Gasteiger partial charge in [-0.1, -0.05) is 0 Å². The van der Waals surface area contributed by atoms with E-state index >= 15 is 0 Å². The summed E-state index contributed by atoms with van der Waals surface area (Å²) in [6.07, 6.45) is 0.652. The van der Waals surface area contributed by atoms with Crippen molar-refractivity contribution in [1.82, 2.24) is 14.5 Å². The standard InChI is InChI=1S/C17H25N3O5S/c1-3-18-16(21)13-19-9-4-10-20(12-11-19)26(23,24)15-7-5-14(6-8-15)17(22)25-2/h5-8H,3-4,9-13H2,1-2H3,(H,18,21). The monoisotopic (exact) mass is 383 g/mol. The van der Waals surface area contributed by atoms with Crippen molar-refractivity contribution in [3.05, 3.63) is 29.8 Å². The van der Waals surface area contributed by atoms with Gasteiger partial charge in [0.15, 0.2) is 0 Å². The molecule has 0 bridgehead atoms. The molecule has 144 valence electrons. The minimum Gasteiger partial charge on any atom is -0.465 e. The van der Waals surface area contributed by atoms with Gasteiger partial charge in [0, 0.05) is 26.2 Å². The molecule has 9 heteroatoms. The van der Waals surface area contributed by atoms with Crippen LogP contribution < -0.4 is 5.32 Å². The number of amides is 1. The molecule has 0 aromatic heterocycles. The van der Waals surface area contributed by atoms with Crippen LogP contribution in [-0.2, 0) is 19.6 Å². The highest BCUT2D eigenvalue weighted by molar-refractivity contribution is 7.89. The van der Waals surface area contributed by atoms with E-state index in [4.69, 9.17) is 0 Å². The highest BCUT2D eigenvalue weighted by atomic mass is 32.2. The fraction of sp³-hybridized carbons (Fsp3) is 0.529. The van der Waals surface area contributed by atoms with Crippen molar-refractivity contribution in [2.75, 3.05) is 46.4 Å². The average Bonchev–Trinajstić information content (AvgIpc) is 2.87. The first-order chi connectivity index (χ1) is 12.4. The molecule has 1 fully saturated rings. The fourth-order valence-corrected chi connectivity index (χ4v) is 4.30. The molecule has 0 radical (unpaired) electrons. The Morgan fingerprint density at radius 2 is 1.81 bits per heavy atom. The number of hydrogen-bond acceptors (Lipinski definition) is 6. The first-order valence-corrected chi connectivity index (χ1v) is 10.00. The molecule has 1 aliphatic rings. The average molecular weight is 383 g/mol. The van der Waals surface area contributed by atoms with Gasteiger partial charge in [0.05, 0.1) is 24.1 Å². The minimum atomic E-state index is -3.64. The van der Waals surface area contributed by atoms with E-state index in [1.165, 1.54) is 35.7 Å². The third kappa shape index (κ3) is 5.03. The number of carbonyl (C=O) groups is 2. The van der Waals surface area contributed by atoms with Gasteiger partial charge in [-0.3, -0.25) is 9.69 Å². The summed E-state index contributed by atoms with van der Waals surface area (Å²) in [7, 11) is -2.37. The number of ether oxygens (including phenoxy) is 1. The van der Waals surface area contributed by atoms with Gasteiger partial charge in [0.1, 0.15) is 0 Å². The van der Waals surface area contributed by atoms with Crippen molar-refractivity contribution in [3.8, 4) is 0 Å². The van der Waals surface area contributed by atoms with Crippen LogP contribution in [0.3, 0.4) is 0 Å². The number of nitrogens with zero attached hydrogens (tertiary/aromatic N) is 2. The quantitative estimate of drug-likeness (QED) is 0.710. The summed E-state index contributed by atoms with van der Waals surface area (Å²) >= 11 is 0. The Morgan fingerprint density at radius 3 is 2.42 bits per heavy atom. The highest BCUT2D eigenvalue weighted by Gasteiger charge is 2.27. The van der Waals surface area contributed by atoms with Crippen molar-refractivity contribution in [3.63, 3.8) is 0 Å². The molecule has 1 aromatic carbocycles. The molecule has 1 aromatic rings. The summed E-state index contributed by atoms with van der Waals surface area (Å²) in [5, 5.41) is 2.75. The lowest BCUT2D eigenvalue weighted by molar-refractivity contribution is -0.122. The van der Waals surface area contributed by atoms with Gasteiger partial charge < -0.3 is 10.1 Å². The minimum absolute atomic E-state index is 0.0535. The van der Waals surface area contributed by atoms with Gasteiger partial charge >= 0.3 is 5.97 Å². The van der Waals surface area contributed by atoms with Crippen molar-refractivity contribution in [2.24, 2.45) is 0 Å². The summed E-state index contributed by atoms with van der Waals surface area (Å²) in [6.45, 7) is 4.60. The zero-order valence-corrected chi connectivity index (χ0v) is 15.9. The van der Waals surface area contributed by atoms with Crippen LogP contribution in [0.15, 0.2) is 29.2 Å². The number of esters is 1. The molecule has 0 saturated carbocycles. The molecule has 26 heavy (non-hydrogen) atoms. The highest BCUT2D eigenvalue weighted by Crippen LogP contribution is 2.18. The predicted octanol–water partition coefficient (Wildman–Crippen LogP) is 0.306. The van der Waals surface area contributed by atoms with Gasteiger partial charge in [-0.15, -0.1) is 0 Å². The lowest BCUT2D eigenvalue weighted by Gasteiger charge is -2.21. The Bertz CT molecular complexity index is 733. The second-order valence-electron chi connectivity index (χ2n) is 6.00. The van der Waals surface area contributed by atoms with Gasteiger partial charge in [-0.25, -0.2) is 13.2 Å². The third-order valence-corrected chi connectivity index (χ3v) is 6.11. The number of hydrogen-bond donors (Lipinski definition) is 1. The lowest BCUT2D eigenvalue weighted by atomic mass is 10.2. The molecule has 1 heterocycles. The maximum Gasteiger partial charge on any atom is 0.337 e. The molecule has 0 atom stereocenters. The molecule has 1 saturated heterocycles. The number of sulfonamides is 1. The van der Waals surface area contributed by atoms with E-state index in [0.717, 1.165) is 0 Å². The van der Waals surface area contributed by atoms with Crippen LogP contribution in [0.1, 0.15) is 23.7 Å². The number of rotatable bonds is 6. The van der Waals surface area contributed by atoms with Gasteiger partial charge in [-0.2, -0.15) is 4.31 Å². The molecule has 1 aliphatic heterocycles. The second kappa shape index (κ2) is 9.11. The van der Waals surface area contributed by atoms with E-state index in [1.807, 2.05) is 11.8 Å². The van der Waals surface area contributed by atoms with E-state index in [2.05, 4.69) is 10.1 Å². The van der Waals surface area contributed by atoms with Crippen LogP contribution >= 0.6 is 0 Å².